The molecule has 1 heterocycles. The SMILES string of the molecule is CC(C)OCCC(=O)N[C@@H]1CC(=O)N(c2ccc(Oc3ccccc3)cc2)C1. The fourth-order valence-electron chi connectivity index (χ4n) is 3.06. The van der Waals surface area contributed by atoms with Gasteiger partial charge in [0.15, 0.2) is 0 Å². The fraction of sp³-hybridized carbons (Fsp3) is 0.364. The second-order valence-electron chi connectivity index (χ2n) is 7.05. The molecule has 0 unspecified atom stereocenters. The molecule has 1 saturated heterocycles. The van der Waals surface area contributed by atoms with E-state index in [2.05, 4.69) is 5.32 Å². The van der Waals surface area contributed by atoms with Crippen molar-refractivity contribution in [1.29, 1.82) is 0 Å². The highest BCUT2D eigenvalue weighted by Crippen LogP contribution is 2.26. The Kier molecular flexibility index (Phi) is 6.66. The first-order valence-electron chi connectivity index (χ1n) is 9.55. The smallest absolute Gasteiger partial charge is 0.229 e. The molecule has 6 heteroatoms. The average molecular weight is 382 g/mol. The second kappa shape index (κ2) is 9.37. The van der Waals surface area contributed by atoms with Crippen LogP contribution in [0.5, 0.6) is 11.5 Å². The van der Waals surface area contributed by atoms with E-state index in [0.717, 1.165) is 11.4 Å². The van der Waals surface area contributed by atoms with Crippen molar-refractivity contribution in [2.45, 2.75) is 38.8 Å². The first kappa shape index (κ1) is 19.9. The Morgan fingerprint density at radius 2 is 1.79 bits per heavy atom. The molecule has 148 valence electrons. The normalized spacial score (nSPS) is 16.5. The summed E-state index contributed by atoms with van der Waals surface area (Å²) in [5, 5.41) is 2.92. The van der Waals surface area contributed by atoms with E-state index < -0.39 is 0 Å². The molecule has 0 spiro atoms. The number of rotatable bonds is 8. The molecule has 0 saturated carbocycles. The Bertz CT molecular complexity index is 790. The van der Waals surface area contributed by atoms with Crippen molar-refractivity contribution in [1.82, 2.24) is 5.32 Å². The molecule has 1 aliphatic heterocycles. The van der Waals surface area contributed by atoms with Crippen LogP contribution >= 0.6 is 0 Å². The van der Waals surface area contributed by atoms with Gasteiger partial charge in [-0.15, -0.1) is 0 Å². The van der Waals surface area contributed by atoms with Gasteiger partial charge in [0.2, 0.25) is 11.8 Å². The maximum atomic E-state index is 12.4. The minimum absolute atomic E-state index is 0.000424. The zero-order valence-corrected chi connectivity index (χ0v) is 16.3. The molecule has 1 atom stereocenters. The van der Waals surface area contributed by atoms with E-state index in [4.69, 9.17) is 9.47 Å². The summed E-state index contributed by atoms with van der Waals surface area (Å²) in [4.78, 5) is 26.1. The van der Waals surface area contributed by atoms with Gasteiger partial charge >= 0.3 is 0 Å². The summed E-state index contributed by atoms with van der Waals surface area (Å²) in [7, 11) is 0. The van der Waals surface area contributed by atoms with Crippen LogP contribution in [0.15, 0.2) is 54.6 Å². The largest absolute Gasteiger partial charge is 0.457 e. The van der Waals surface area contributed by atoms with Crippen molar-refractivity contribution in [3.05, 3.63) is 54.6 Å². The van der Waals surface area contributed by atoms with Crippen LogP contribution in [-0.2, 0) is 14.3 Å². The fourth-order valence-corrected chi connectivity index (χ4v) is 3.06. The molecule has 0 bridgehead atoms. The lowest BCUT2D eigenvalue weighted by Gasteiger charge is -2.18. The number of hydrogen-bond acceptors (Lipinski definition) is 4. The van der Waals surface area contributed by atoms with Gasteiger partial charge in [0.25, 0.3) is 0 Å². The van der Waals surface area contributed by atoms with Crippen LogP contribution in [0.2, 0.25) is 0 Å². The summed E-state index contributed by atoms with van der Waals surface area (Å²) >= 11 is 0. The van der Waals surface area contributed by atoms with Gasteiger partial charge in [-0.05, 0) is 50.2 Å². The number of benzene rings is 2. The Hall–Kier alpha value is -2.86. The van der Waals surface area contributed by atoms with Gasteiger partial charge in [0.05, 0.1) is 18.8 Å². The zero-order valence-electron chi connectivity index (χ0n) is 16.3. The summed E-state index contributed by atoms with van der Waals surface area (Å²) in [6, 6.07) is 16.7. The average Bonchev–Trinajstić information content (AvgIpc) is 3.03. The number of amides is 2. The number of carbonyl (C=O) groups is 2. The van der Waals surface area contributed by atoms with Crippen molar-refractivity contribution in [2.75, 3.05) is 18.1 Å². The Labute approximate surface area is 165 Å². The van der Waals surface area contributed by atoms with Crippen LogP contribution in [0.1, 0.15) is 26.7 Å². The van der Waals surface area contributed by atoms with E-state index in [-0.39, 0.29) is 24.0 Å². The zero-order chi connectivity index (χ0) is 19.9. The summed E-state index contributed by atoms with van der Waals surface area (Å²) in [5.41, 5.74) is 0.797. The van der Waals surface area contributed by atoms with E-state index in [1.807, 2.05) is 68.4 Å². The van der Waals surface area contributed by atoms with Crippen molar-refractivity contribution in [3.63, 3.8) is 0 Å². The lowest BCUT2D eigenvalue weighted by atomic mass is 10.2. The summed E-state index contributed by atoms with van der Waals surface area (Å²) in [6.07, 6.45) is 0.707. The molecule has 6 nitrogen and oxygen atoms in total. The lowest BCUT2D eigenvalue weighted by Crippen LogP contribution is -2.37. The standard InChI is InChI=1S/C22H26N2O4/c1-16(2)27-13-12-21(25)23-17-14-22(26)24(15-17)18-8-10-20(11-9-18)28-19-6-4-3-5-7-19/h3-11,16-17H,12-15H2,1-2H3,(H,23,25)/t17-/m1/s1. The van der Waals surface area contributed by atoms with E-state index in [0.29, 0.717) is 31.7 Å². The molecule has 2 aromatic rings. The van der Waals surface area contributed by atoms with Gasteiger partial charge < -0.3 is 19.7 Å². The van der Waals surface area contributed by atoms with Gasteiger partial charge in [-0.1, -0.05) is 18.2 Å². The van der Waals surface area contributed by atoms with Crippen LogP contribution in [0.4, 0.5) is 5.69 Å². The number of nitrogens with one attached hydrogen (secondary N) is 1. The molecular weight excluding hydrogens is 356 g/mol. The minimum Gasteiger partial charge on any atom is -0.457 e. The molecule has 1 N–H and O–H groups in total. The number of anilines is 1. The van der Waals surface area contributed by atoms with E-state index in [9.17, 15) is 9.59 Å². The van der Waals surface area contributed by atoms with Crippen molar-refractivity contribution in [2.24, 2.45) is 0 Å². The lowest BCUT2D eigenvalue weighted by molar-refractivity contribution is -0.123. The van der Waals surface area contributed by atoms with Gasteiger partial charge in [-0.3, -0.25) is 9.59 Å². The Morgan fingerprint density at radius 1 is 1.11 bits per heavy atom. The molecule has 28 heavy (non-hydrogen) atoms. The monoisotopic (exact) mass is 382 g/mol. The third-order valence-corrected chi connectivity index (χ3v) is 4.40. The summed E-state index contributed by atoms with van der Waals surface area (Å²) in [6.45, 7) is 4.72. The van der Waals surface area contributed by atoms with E-state index in [1.54, 1.807) is 4.90 Å². The number of hydrogen-bond donors (Lipinski definition) is 1. The van der Waals surface area contributed by atoms with Crippen molar-refractivity contribution >= 4 is 17.5 Å². The maximum absolute atomic E-state index is 12.4. The number of para-hydroxylation sites is 1. The van der Waals surface area contributed by atoms with Gasteiger partial charge in [0.1, 0.15) is 11.5 Å². The topological polar surface area (TPSA) is 67.9 Å². The molecule has 0 aromatic heterocycles. The number of carbonyl (C=O) groups excluding carboxylic acids is 2. The Morgan fingerprint density at radius 3 is 2.46 bits per heavy atom. The predicted octanol–water partition coefficient (Wildman–Crippen LogP) is 3.52. The minimum atomic E-state index is -0.181. The third-order valence-electron chi connectivity index (χ3n) is 4.40. The first-order chi connectivity index (χ1) is 13.5. The molecule has 0 radical (unpaired) electrons. The van der Waals surface area contributed by atoms with Crippen LogP contribution in [0, 0.1) is 0 Å². The summed E-state index contributed by atoms with van der Waals surface area (Å²) < 4.78 is 11.2. The Balaban J connectivity index is 1.52. The van der Waals surface area contributed by atoms with E-state index >= 15 is 0 Å². The van der Waals surface area contributed by atoms with Gasteiger partial charge in [-0.25, -0.2) is 0 Å². The molecule has 2 aromatic carbocycles. The van der Waals surface area contributed by atoms with Crippen LogP contribution in [0.25, 0.3) is 0 Å². The molecule has 2 amide bonds. The van der Waals surface area contributed by atoms with Crippen molar-refractivity contribution in [3.8, 4) is 11.5 Å². The highest BCUT2D eigenvalue weighted by molar-refractivity contribution is 5.96. The third kappa shape index (κ3) is 5.57. The second-order valence-corrected chi connectivity index (χ2v) is 7.05. The number of ether oxygens (including phenoxy) is 2. The van der Waals surface area contributed by atoms with Crippen molar-refractivity contribution < 1.29 is 19.1 Å². The van der Waals surface area contributed by atoms with Gasteiger partial charge in [0, 0.05) is 25.1 Å². The van der Waals surface area contributed by atoms with Crippen LogP contribution < -0.4 is 15.0 Å². The van der Waals surface area contributed by atoms with E-state index in [1.165, 1.54) is 0 Å². The highest BCUT2D eigenvalue weighted by Gasteiger charge is 2.31. The molecule has 1 aliphatic rings. The highest BCUT2D eigenvalue weighted by atomic mass is 16.5. The molecule has 1 fully saturated rings. The van der Waals surface area contributed by atoms with Crippen LogP contribution in [0.3, 0.4) is 0 Å². The molecule has 0 aliphatic carbocycles. The van der Waals surface area contributed by atoms with Gasteiger partial charge in [-0.2, -0.15) is 0 Å². The quantitative estimate of drug-likeness (QED) is 0.759. The summed E-state index contributed by atoms with van der Waals surface area (Å²) in [5.74, 6) is 1.38. The molecular formula is C22H26N2O4. The molecule has 3 rings (SSSR count). The number of nitrogens with zero attached hydrogens (tertiary/aromatic N) is 1. The van der Waals surface area contributed by atoms with Crippen LogP contribution in [-0.4, -0.2) is 37.1 Å². The maximum Gasteiger partial charge on any atom is 0.229 e. The predicted molar refractivity (Wildman–Crippen MR) is 108 cm³/mol. The first-order valence-corrected chi connectivity index (χ1v) is 9.55.